The molecule has 1 heterocycles. The van der Waals surface area contributed by atoms with Crippen LogP contribution in [0.3, 0.4) is 0 Å². The molecule has 1 unspecified atom stereocenters. The smallest absolute Gasteiger partial charge is 0.295 e. The summed E-state index contributed by atoms with van der Waals surface area (Å²) in [6, 6.07) is 21.1. The number of likely N-dealkylation sites (N-methyl/N-ethyl adjacent to an activating group) is 1. The van der Waals surface area contributed by atoms with E-state index in [4.69, 9.17) is 16.3 Å². The van der Waals surface area contributed by atoms with Gasteiger partial charge in [-0.05, 0) is 74.1 Å². The number of hydrogen-bond acceptors (Lipinski definition) is 5. The number of aliphatic hydroxyl groups excluding tert-OH is 1. The van der Waals surface area contributed by atoms with Crippen LogP contribution in [0.1, 0.15) is 28.3 Å². The lowest BCUT2D eigenvalue weighted by Gasteiger charge is -2.26. The van der Waals surface area contributed by atoms with Crippen molar-refractivity contribution in [2.45, 2.75) is 19.6 Å². The average molecular weight is 505 g/mol. The molecule has 4 rings (SSSR count). The number of carbonyl (C=O) groups is 2. The van der Waals surface area contributed by atoms with Crippen LogP contribution in [0.4, 0.5) is 0 Å². The summed E-state index contributed by atoms with van der Waals surface area (Å²) in [5.41, 5.74) is 3.44. The summed E-state index contributed by atoms with van der Waals surface area (Å²) in [5, 5.41) is 11.8. The molecule has 7 heteroatoms. The Bertz CT molecular complexity index is 1280. The van der Waals surface area contributed by atoms with E-state index in [1.807, 2.05) is 50.2 Å². The Morgan fingerprint density at radius 3 is 2.31 bits per heavy atom. The lowest BCUT2D eigenvalue weighted by molar-refractivity contribution is -0.140. The summed E-state index contributed by atoms with van der Waals surface area (Å²) in [6.07, 6.45) is 0. The molecule has 1 amide bonds. The highest BCUT2D eigenvalue weighted by Gasteiger charge is 2.45. The van der Waals surface area contributed by atoms with E-state index in [0.717, 1.165) is 11.1 Å². The number of aryl methyl sites for hydroxylation is 1. The second-order valence-electron chi connectivity index (χ2n) is 9.09. The van der Waals surface area contributed by atoms with Gasteiger partial charge in [-0.1, -0.05) is 48.0 Å². The van der Waals surface area contributed by atoms with Gasteiger partial charge in [-0.25, -0.2) is 0 Å². The molecule has 1 aliphatic heterocycles. The van der Waals surface area contributed by atoms with Crippen LogP contribution < -0.4 is 4.74 Å². The summed E-state index contributed by atoms with van der Waals surface area (Å²) in [5.74, 6) is -0.913. The van der Waals surface area contributed by atoms with E-state index in [1.165, 1.54) is 4.90 Å². The summed E-state index contributed by atoms with van der Waals surface area (Å²) >= 11 is 6.07. The average Bonchev–Trinajstić information content (AvgIpc) is 3.12. The number of rotatable bonds is 8. The minimum atomic E-state index is -0.709. The molecule has 1 N–H and O–H groups in total. The fourth-order valence-electron chi connectivity index (χ4n) is 4.21. The molecule has 0 bridgehead atoms. The Kier molecular flexibility index (Phi) is 7.77. The van der Waals surface area contributed by atoms with Gasteiger partial charge >= 0.3 is 0 Å². The molecule has 3 aromatic rings. The molecule has 1 atom stereocenters. The molecule has 1 fully saturated rings. The van der Waals surface area contributed by atoms with Crippen molar-refractivity contribution in [3.8, 4) is 5.75 Å². The van der Waals surface area contributed by atoms with Crippen LogP contribution in [0.5, 0.6) is 5.75 Å². The third kappa shape index (κ3) is 5.45. The molecule has 0 aliphatic carbocycles. The van der Waals surface area contributed by atoms with Gasteiger partial charge in [0.1, 0.15) is 18.1 Å². The summed E-state index contributed by atoms with van der Waals surface area (Å²) in [7, 11) is 3.80. The number of nitrogens with zero attached hydrogens (tertiary/aromatic N) is 2. The number of amides is 1. The van der Waals surface area contributed by atoms with Crippen LogP contribution in [0.15, 0.2) is 78.4 Å². The number of Topliss-reactive ketones (excluding diaryl/α,β-unsaturated/α-hetero) is 1. The maximum atomic E-state index is 13.1. The van der Waals surface area contributed by atoms with Gasteiger partial charge in [0.15, 0.2) is 0 Å². The first kappa shape index (κ1) is 25.5. The van der Waals surface area contributed by atoms with Gasteiger partial charge in [0, 0.05) is 23.7 Å². The van der Waals surface area contributed by atoms with Gasteiger partial charge in [-0.15, -0.1) is 0 Å². The zero-order valence-electron chi connectivity index (χ0n) is 20.6. The fraction of sp³-hybridized carbons (Fsp3) is 0.241. The van der Waals surface area contributed by atoms with E-state index >= 15 is 0 Å². The van der Waals surface area contributed by atoms with Crippen molar-refractivity contribution >= 4 is 29.1 Å². The maximum Gasteiger partial charge on any atom is 0.295 e. The van der Waals surface area contributed by atoms with Crippen molar-refractivity contribution in [1.29, 1.82) is 0 Å². The van der Waals surface area contributed by atoms with Crippen LogP contribution in [0.25, 0.3) is 5.76 Å². The highest BCUT2D eigenvalue weighted by atomic mass is 35.5. The number of carbonyl (C=O) groups excluding carboxylic acids is 2. The number of benzene rings is 3. The molecule has 1 saturated heterocycles. The number of ketones is 1. The quantitative estimate of drug-likeness (QED) is 0.259. The third-order valence-electron chi connectivity index (χ3n) is 6.30. The largest absolute Gasteiger partial charge is 0.507 e. The number of ether oxygens (including phenoxy) is 1. The van der Waals surface area contributed by atoms with Gasteiger partial charge in [-0.2, -0.15) is 0 Å². The molecular weight excluding hydrogens is 476 g/mol. The first-order chi connectivity index (χ1) is 17.3. The summed E-state index contributed by atoms with van der Waals surface area (Å²) in [6.45, 7) is 3.37. The van der Waals surface area contributed by atoms with Crippen LogP contribution in [0.2, 0.25) is 5.02 Å². The minimum absolute atomic E-state index is 0.0645. The Balaban J connectivity index is 1.64. The lowest BCUT2D eigenvalue weighted by Crippen LogP contribution is -2.35. The molecular formula is C29H29ClN2O4. The normalized spacial score (nSPS) is 17.1. The summed E-state index contributed by atoms with van der Waals surface area (Å²) in [4.78, 5) is 29.5. The molecule has 0 spiro atoms. The van der Waals surface area contributed by atoms with Gasteiger partial charge in [0.25, 0.3) is 11.7 Å². The number of halogens is 1. The fourth-order valence-corrected chi connectivity index (χ4v) is 4.33. The topological polar surface area (TPSA) is 70.1 Å². The Morgan fingerprint density at radius 2 is 1.67 bits per heavy atom. The van der Waals surface area contributed by atoms with Gasteiger partial charge in [-0.3, -0.25) is 9.59 Å². The number of aliphatic hydroxyl groups is 1. The first-order valence-corrected chi connectivity index (χ1v) is 12.1. The van der Waals surface area contributed by atoms with E-state index in [9.17, 15) is 14.7 Å². The number of hydrogen-bond donors (Lipinski definition) is 1. The minimum Gasteiger partial charge on any atom is -0.507 e. The van der Waals surface area contributed by atoms with Crippen molar-refractivity contribution in [1.82, 2.24) is 9.80 Å². The van der Waals surface area contributed by atoms with Crippen molar-refractivity contribution in [2.75, 3.05) is 27.2 Å². The standard InChI is InChI=1S/C29H29ClN2O4/c1-19-6-4-5-7-22(19)18-36-24-14-10-21(11-15-24)27(33)25-26(20-8-12-23(30)13-9-20)32(17-16-31(2)3)29(35)28(25)34/h4-15,26,33H,16-18H2,1-3H3/b27-25+. The zero-order chi connectivity index (χ0) is 25.8. The Labute approximate surface area is 216 Å². The first-order valence-electron chi connectivity index (χ1n) is 11.7. The SMILES string of the molecule is Cc1ccccc1COc1ccc(/C(O)=C2\C(=O)C(=O)N(CCN(C)C)C2c2ccc(Cl)cc2)cc1. The van der Waals surface area contributed by atoms with Crippen molar-refractivity contribution in [3.63, 3.8) is 0 Å². The van der Waals surface area contributed by atoms with E-state index in [-0.39, 0.29) is 11.3 Å². The van der Waals surface area contributed by atoms with Crippen LogP contribution >= 0.6 is 11.6 Å². The molecule has 0 saturated carbocycles. The highest BCUT2D eigenvalue weighted by molar-refractivity contribution is 6.46. The summed E-state index contributed by atoms with van der Waals surface area (Å²) < 4.78 is 5.90. The molecule has 0 radical (unpaired) electrons. The Hall–Kier alpha value is -3.61. The van der Waals surface area contributed by atoms with Crippen LogP contribution in [0, 0.1) is 6.92 Å². The highest BCUT2D eigenvalue weighted by Crippen LogP contribution is 2.39. The number of likely N-dealkylation sites (tertiary alicyclic amines) is 1. The van der Waals surface area contributed by atoms with Gasteiger partial charge in [0.05, 0.1) is 11.6 Å². The molecule has 6 nitrogen and oxygen atoms in total. The second-order valence-corrected chi connectivity index (χ2v) is 9.52. The second kappa shape index (κ2) is 11.0. The molecule has 0 aromatic heterocycles. The van der Waals surface area contributed by atoms with Crippen LogP contribution in [-0.2, 0) is 16.2 Å². The molecule has 36 heavy (non-hydrogen) atoms. The van der Waals surface area contributed by atoms with E-state index < -0.39 is 17.7 Å². The third-order valence-corrected chi connectivity index (χ3v) is 6.55. The van der Waals surface area contributed by atoms with Crippen molar-refractivity contribution < 1.29 is 19.4 Å². The van der Waals surface area contributed by atoms with Gasteiger partial charge < -0.3 is 19.6 Å². The van der Waals surface area contributed by atoms with Crippen LogP contribution in [-0.4, -0.2) is 53.8 Å². The van der Waals surface area contributed by atoms with E-state index in [0.29, 0.717) is 41.6 Å². The van der Waals surface area contributed by atoms with Crippen molar-refractivity contribution in [3.05, 3.63) is 106 Å². The van der Waals surface area contributed by atoms with E-state index in [2.05, 4.69) is 0 Å². The predicted molar refractivity (Wildman–Crippen MR) is 141 cm³/mol. The van der Waals surface area contributed by atoms with Crippen molar-refractivity contribution in [2.24, 2.45) is 0 Å². The van der Waals surface area contributed by atoms with E-state index in [1.54, 1.807) is 48.5 Å². The molecule has 1 aliphatic rings. The Morgan fingerprint density at radius 1 is 1.00 bits per heavy atom. The molecule has 3 aromatic carbocycles. The molecule has 186 valence electrons. The monoisotopic (exact) mass is 504 g/mol. The van der Waals surface area contributed by atoms with Gasteiger partial charge in [0.2, 0.25) is 0 Å². The maximum absolute atomic E-state index is 13.1. The lowest BCUT2D eigenvalue weighted by atomic mass is 9.95. The predicted octanol–water partition coefficient (Wildman–Crippen LogP) is 5.21. The zero-order valence-corrected chi connectivity index (χ0v) is 21.3.